The number of hydrogen-bond donors (Lipinski definition) is 2. The molecule has 134 valence electrons. The Morgan fingerprint density at radius 2 is 1.93 bits per heavy atom. The number of aromatic amines is 1. The molecular weight excluding hydrogens is 340 g/mol. The lowest BCUT2D eigenvalue weighted by atomic mass is 9.83. The number of ether oxygens (including phenoxy) is 2. The van der Waals surface area contributed by atoms with Crippen LogP contribution in [0.1, 0.15) is 24.0 Å². The number of nitriles is 1. The van der Waals surface area contributed by atoms with E-state index in [1.165, 1.54) is 0 Å². The predicted octanol–water partition coefficient (Wildman–Crippen LogP) is 3.69. The molecule has 3 aromatic rings. The van der Waals surface area contributed by atoms with Gasteiger partial charge in [-0.25, -0.2) is 0 Å². The summed E-state index contributed by atoms with van der Waals surface area (Å²) in [6.45, 7) is 2.53. The number of benzene rings is 2. The monoisotopic (exact) mass is 358 g/mol. The standard InChI is InChI=1S/C21H18N4O2/c1-2-26-15-10-8-13(9-11-15)17-16(12-22)20(23)27-21-18(17)19(24-25-21)14-6-4-3-5-7-14/h3-11,17H,2,23H2,1H3,(H,24,25)/t17-/m1/s1. The molecule has 1 aliphatic rings. The van der Waals surface area contributed by atoms with Crippen molar-refractivity contribution in [2.24, 2.45) is 5.73 Å². The minimum Gasteiger partial charge on any atom is -0.494 e. The van der Waals surface area contributed by atoms with E-state index in [0.717, 1.165) is 28.1 Å². The molecule has 0 aliphatic carbocycles. The van der Waals surface area contributed by atoms with Crippen LogP contribution in [0.5, 0.6) is 11.6 Å². The van der Waals surface area contributed by atoms with Gasteiger partial charge in [0.25, 0.3) is 0 Å². The highest BCUT2D eigenvalue weighted by atomic mass is 16.5. The lowest BCUT2D eigenvalue weighted by Gasteiger charge is -2.24. The summed E-state index contributed by atoms with van der Waals surface area (Å²) in [4.78, 5) is 0. The third kappa shape index (κ3) is 2.89. The molecule has 0 amide bonds. The summed E-state index contributed by atoms with van der Waals surface area (Å²) in [6.07, 6.45) is 0. The average molecular weight is 358 g/mol. The van der Waals surface area contributed by atoms with Crippen LogP contribution in [-0.2, 0) is 0 Å². The fourth-order valence-corrected chi connectivity index (χ4v) is 3.33. The predicted molar refractivity (Wildman–Crippen MR) is 101 cm³/mol. The zero-order chi connectivity index (χ0) is 18.8. The largest absolute Gasteiger partial charge is 0.494 e. The first kappa shape index (κ1) is 16.7. The van der Waals surface area contributed by atoms with Crippen molar-refractivity contribution >= 4 is 0 Å². The third-order valence-corrected chi connectivity index (χ3v) is 4.53. The SMILES string of the molecule is CCOc1ccc([C@@H]2C(C#N)=C(N)Oc3n[nH]c(-c4ccccc4)c32)cc1. The second-order valence-corrected chi connectivity index (χ2v) is 6.11. The van der Waals surface area contributed by atoms with Crippen LogP contribution in [0.25, 0.3) is 11.3 Å². The van der Waals surface area contributed by atoms with Crippen LogP contribution in [0.2, 0.25) is 0 Å². The summed E-state index contributed by atoms with van der Waals surface area (Å²) in [7, 11) is 0. The van der Waals surface area contributed by atoms with Gasteiger partial charge >= 0.3 is 0 Å². The van der Waals surface area contributed by atoms with Crippen LogP contribution in [0, 0.1) is 11.3 Å². The highest BCUT2D eigenvalue weighted by Gasteiger charge is 2.35. The van der Waals surface area contributed by atoms with E-state index in [1.807, 2.05) is 61.5 Å². The van der Waals surface area contributed by atoms with E-state index < -0.39 is 0 Å². The maximum absolute atomic E-state index is 9.73. The summed E-state index contributed by atoms with van der Waals surface area (Å²) in [5.74, 6) is 0.877. The van der Waals surface area contributed by atoms with E-state index in [2.05, 4.69) is 16.3 Å². The maximum Gasteiger partial charge on any atom is 0.244 e. The van der Waals surface area contributed by atoms with Gasteiger partial charge in [-0.1, -0.05) is 42.5 Å². The highest BCUT2D eigenvalue weighted by Crippen LogP contribution is 2.45. The maximum atomic E-state index is 9.73. The fourth-order valence-electron chi connectivity index (χ4n) is 3.33. The molecule has 3 N–H and O–H groups in total. The number of H-pyrrole nitrogens is 1. The average Bonchev–Trinajstić information content (AvgIpc) is 3.12. The van der Waals surface area contributed by atoms with E-state index in [0.29, 0.717) is 18.1 Å². The van der Waals surface area contributed by atoms with Gasteiger partial charge in [0.2, 0.25) is 11.8 Å². The van der Waals surface area contributed by atoms with Crippen LogP contribution in [0.15, 0.2) is 66.1 Å². The summed E-state index contributed by atoms with van der Waals surface area (Å²) in [6, 6.07) is 19.7. The Labute approximate surface area is 156 Å². The number of allylic oxidation sites excluding steroid dienone is 1. The smallest absolute Gasteiger partial charge is 0.244 e. The number of aromatic nitrogens is 2. The molecule has 1 aromatic heterocycles. The van der Waals surface area contributed by atoms with Crippen LogP contribution in [0.3, 0.4) is 0 Å². The van der Waals surface area contributed by atoms with Gasteiger partial charge in [0.05, 0.1) is 23.8 Å². The van der Waals surface area contributed by atoms with Crippen LogP contribution >= 0.6 is 0 Å². The van der Waals surface area contributed by atoms with Crippen LogP contribution in [0.4, 0.5) is 0 Å². The topological polar surface area (TPSA) is 96.9 Å². The molecule has 4 rings (SSSR count). The van der Waals surface area contributed by atoms with Gasteiger partial charge in [0, 0.05) is 0 Å². The molecule has 1 aliphatic heterocycles. The van der Waals surface area contributed by atoms with E-state index in [-0.39, 0.29) is 11.8 Å². The first-order valence-corrected chi connectivity index (χ1v) is 8.67. The number of nitrogens with one attached hydrogen (secondary N) is 1. The summed E-state index contributed by atoms with van der Waals surface area (Å²) >= 11 is 0. The number of nitrogens with zero attached hydrogens (tertiary/aromatic N) is 2. The molecule has 6 heteroatoms. The number of fused-ring (bicyclic) bond motifs is 1. The van der Waals surface area contributed by atoms with Crippen LogP contribution in [-0.4, -0.2) is 16.8 Å². The molecule has 27 heavy (non-hydrogen) atoms. The van der Waals surface area contributed by atoms with Crippen molar-refractivity contribution in [2.45, 2.75) is 12.8 Å². The zero-order valence-electron chi connectivity index (χ0n) is 14.8. The Kier molecular flexibility index (Phi) is 4.27. The van der Waals surface area contributed by atoms with E-state index >= 15 is 0 Å². The second kappa shape index (κ2) is 6.89. The van der Waals surface area contributed by atoms with Crippen molar-refractivity contribution in [3.05, 3.63) is 77.2 Å². The molecule has 6 nitrogen and oxygen atoms in total. The van der Waals surface area contributed by atoms with Crippen LogP contribution < -0.4 is 15.2 Å². The summed E-state index contributed by atoms with van der Waals surface area (Å²) in [5, 5.41) is 17.1. The minimum atomic E-state index is -0.372. The van der Waals surface area contributed by atoms with E-state index in [1.54, 1.807) is 0 Å². The van der Waals surface area contributed by atoms with Crippen molar-refractivity contribution in [3.8, 4) is 29.0 Å². The van der Waals surface area contributed by atoms with Crippen molar-refractivity contribution in [3.63, 3.8) is 0 Å². The normalized spacial score (nSPS) is 15.6. The Morgan fingerprint density at radius 1 is 1.19 bits per heavy atom. The number of hydrogen-bond acceptors (Lipinski definition) is 5. The van der Waals surface area contributed by atoms with Crippen molar-refractivity contribution in [1.29, 1.82) is 5.26 Å². The van der Waals surface area contributed by atoms with Gasteiger partial charge in [-0.15, -0.1) is 5.10 Å². The summed E-state index contributed by atoms with van der Waals surface area (Å²) < 4.78 is 11.1. The molecule has 2 heterocycles. The number of nitrogens with two attached hydrogens (primary N) is 1. The minimum absolute atomic E-state index is 0.0787. The Balaban J connectivity index is 1.87. The molecule has 0 fully saturated rings. The molecule has 2 aromatic carbocycles. The quantitative estimate of drug-likeness (QED) is 0.741. The highest BCUT2D eigenvalue weighted by molar-refractivity contribution is 5.70. The van der Waals surface area contributed by atoms with E-state index in [9.17, 15) is 5.26 Å². The van der Waals surface area contributed by atoms with Gasteiger partial charge < -0.3 is 15.2 Å². The first-order chi connectivity index (χ1) is 13.2. The lowest BCUT2D eigenvalue weighted by Crippen LogP contribution is -2.21. The number of rotatable bonds is 4. The summed E-state index contributed by atoms with van der Waals surface area (Å²) in [5.41, 5.74) is 9.87. The molecule has 0 radical (unpaired) electrons. The third-order valence-electron chi connectivity index (χ3n) is 4.53. The molecule has 0 spiro atoms. The second-order valence-electron chi connectivity index (χ2n) is 6.11. The van der Waals surface area contributed by atoms with Gasteiger partial charge in [-0.05, 0) is 30.2 Å². The van der Waals surface area contributed by atoms with Gasteiger partial charge in [-0.2, -0.15) is 5.26 Å². The Morgan fingerprint density at radius 3 is 2.59 bits per heavy atom. The van der Waals surface area contributed by atoms with Crippen molar-refractivity contribution in [1.82, 2.24) is 10.2 Å². The molecular formula is C21H18N4O2. The van der Waals surface area contributed by atoms with Crippen molar-refractivity contribution < 1.29 is 9.47 Å². The molecule has 0 saturated carbocycles. The molecule has 0 bridgehead atoms. The fraction of sp³-hybridized carbons (Fsp3) is 0.143. The van der Waals surface area contributed by atoms with Gasteiger partial charge in [-0.3, -0.25) is 5.10 Å². The van der Waals surface area contributed by atoms with Crippen molar-refractivity contribution in [2.75, 3.05) is 6.61 Å². The lowest BCUT2D eigenvalue weighted by molar-refractivity contribution is 0.340. The van der Waals surface area contributed by atoms with Gasteiger partial charge in [0.15, 0.2) is 0 Å². The molecule has 1 atom stereocenters. The molecule has 0 saturated heterocycles. The molecule has 0 unspecified atom stereocenters. The van der Waals surface area contributed by atoms with E-state index in [4.69, 9.17) is 15.2 Å². The zero-order valence-corrected chi connectivity index (χ0v) is 14.8. The Bertz CT molecular complexity index is 1030. The Hall–Kier alpha value is -3.72. The van der Waals surface area contributed by atoms with Gasteiger partial charge in [0.1, 0.15) is 17.4 Å². The first-order valence-electron chi connectivity index (χ1n) is 8.67.